The number of halogens is 12. The van der Waals surface area contributed by atoms with Crippen LogP contribution in [0.1, 0.15) is 13.8 Å². The molecule has 0 saturated carbocycles. The SMILES string of the molecule is CNCC(F)(F)C(C)(F)C(F)(F)[C@](C)(F)CNC(=O)OC(C(F)(F)F)C(F)(F)F. The second-order valence-electron chi connectivity index (χ2n) is 6.23. The molecule has 0 saturated heterocycles. The fraction of sp³-hybridized carbons (Fsp3) is 0.923. The molecular weight excluding hydrogens is 444 g/mol. The molecule has 0 aliphatic carbocycles. The van der Waals surface area contributed by atoms with Gasteiger partial charge in [0.25, 0.3) is 12.0 Å². The smallest absolute Gasteiger partial charge is 0.427 e. The van der Waals surface area contributed by atoms with E-state index in [1.54, 1.807) is 5.32 Å². The first-order valence-electron chi connectivity index (χ1n) is 7.40. The molecule has 0 spiro atoms. The van der Waals surface area contributed by atoms with Gasteiger partial charge >= 0.3 is 24.4 Å². The summed E-state index contributed by atoms with van der Waals surface area (Å²) in [5.41, 5.74) is -9.25. The highest BCUT2D eigenvalue weighted by molar-refractivity contribution is 5.67. The summed E-state index contributed by atoms with van der Waals surface area (Å²) < 4.78 is 160. The van der Waals surface area contributed by atoms with E-state index < -0.39 is 60.8 Å². The molecule has 174 valence electrons. The lowest BCUT2D eigenvalue weighted by atomic mass is 9.82. The molecule has 1 unspecified atom stereocenters. The maximum absolute atomic E-state index is 14.2. The number of rotatable bonds is 8. The largest absolute Gasteiger partial charge is 0.434 e. The molecular formula is C13H16F12N2O2. The molecule has 0 aromatic heterocycles. The van der Waals surface area contributed by atoms with Crippen molar-refractivity contribution < 1.29 is 62.2 Å². The van der Waals surface area contributed by atoms with E-state index >= 15 is 0 Å². The van der Waals surface area contributed by atoms with Gasteiger partial charge in [-0.3, -0.25) is 0 Å². The Bertz CT molecular complexity index is 557. The van der Waals surface area contributed by atoms with Crippen molar-refractivity contribution in [2.45, 2.75) is 55.5 Å². The fourth-order valence-corrected chi connectivity index (χ4v) is 1.92. The van der Waals surface area contributed by atoms with Crippen molar-refractivity contribution in [1.29, 1.82) is 0 Å². The molecule has 0 bridgehead atoms. The molecule has 0 fully saturated rings. The second-order valence-corrected chi connectivity index (χ2v) is 6.23. The Morgan fingerprint density at radius 3 is 1.59 bits per heavy atom. The van der Waals surface area contributed by atoms with E-state index in [9.17, 15) is 57.5 Å². The Morgan fingerprint density at radius 1 is 0.828 bits per heavy atom. The van der Waals surface area contributed by atoms with E-state index in [4.69, 9.17) is 0 Å². The Morgan fingerprint density at radius 2 is 1.24 bits per heavy atom. The molecule has 0 rings (SSSR count). The maximum Gasteiger partial charge on any atom is 0.434 e. The molecule has 0 aromatic carbocycles. The summed E-state index contributed by atoms with van der Waals surface area (Å²) in [6.07, 6.45) is -19.6. The van der Waals surface area contributed by atoms with Crippen LogP contribution in [0, 0.1) is 0 Å². The van der Waals surface area contributed by atoms with E-state index in [1.165, 1.54) is 0 Å². The number of nitrogens with one attached hydrogen (secondary N) is 2. The van der Waals surface area contributed by atoms with E-state index in [2.05, 4.69) is 4.74 Å². The number of carbonyl (C=O) groups excluding carboxylic acids is 1. The number of hydrogen-bond acceptors (Lipinski definition) is 3. The van der Waals surface area contributed by atoms with Gasteiger partial charge in [0, 0.05) is 0 Å². The zero-order chi connectivity index (χ0) is 23.7. The molecule has 0 heterocycles. The van der Waals surface area contributed by atoms with Crippen LogP contribution >= 0.6 is 0 Å². The lowest BCUT2D eigenvalue weighted by Gasteiger charge is -2.42. The Kier molecular flexibility index (Phi) is 7.80. The van der Waals surface area contributed by atoms with Crippen molar-refractivity contribution in [3.8, 4) is 0 Å². The third-order valence-electron chi connectivity index (χ3n) is 3.71. The van der Waals surface area contributed by atoms with Gasteiger partial charge in [-0.25, -0.2) is 22.4 Å². The van der Waals surface area contributed by atoms with Crippen LogP contribution in [0.3, 0.4) is 0 Å². The van der Waals surface area contributed by atoms with Gasteiger partial charge in [-0.05, 0) is 20.9 Å². The predicted octanol–water partition coefficient (Wildman–Crippen LogP) is 4.15. The van der Waals surface area contributed by atoms with Gasteiger partial charge in [0.05, 0.1) is 13.1 Å². The van der Waals surface area contributed by atoms with Crippen molar-refractivity contribution in [2.24, 2.45) is 0 Å². The van der Waals surface area contributed by atoms with Gasteiger partial charge in [0.2, 0.25) is 5.67 Å². The summed E-state index contributed by atoms with van der Waals surface area (Å²) in [5, 5.41) is 2.50. The molecule has 0 radical (unpaired) electrons. The van der Waals surface area contributed by atoms with E-state index in [0.717, 1.165) is 12.4 Å². The summed E-state index contributed by atoms with van der Waals surface area (Å²) in [7, 11) is 0.839. The monoisotopic (exact) mass is 460 g/mol. The minimum absolute atomic E-state index is 0.189. The van der Waals surface area contributed by atoms with Crippen molar-refractivity contribution in [2.75, 3.05) is 20.1 Å². The Labute approximate surface area is 155 Å². The van der Waals surface area contributed by atoms with Crippen LogP contribution in [0.4, 0.5) is 57.5 Å². The normalized spacial score (nSPS) is 18.2. The fourth-order valence-electron chi connectivity index (χ4n) is 1.92. The summed E-state index contributed by atoms with van der Waals surface area (Å²) in [6.45, 7) is -4.37. The van der Waals surface area contributed by atoms with Crippen LogP contribution < -0.4 is 10.6 Å². The molecule has 1 amide bonds. The van der Waals surface area contributed by atoms with Gasteiger partial charge in [0.1, 0.15) is 0 Å². The van der Waals surface area contributed by atoms with Crippen LogP contribution in [-0.2, 0) is 4.74 Å². The maximum atomic E-state index is 14.2. The van der Waals surface area contributed by atoms with E-state index in [1.807, 2.05) is 0 Å². The van der Waals surface area contributed by atoms with Crippen LogP contribution in [0.2, 0.25) is 0 Å². The quantitative estimate of drug-likeness (QED) is 0.536. The molecule has 29 heavy (non-hydrogen) atoms. The second kappa shape index (κ2) is 8.26. The van der Waals surface area contributed by atoms with Crippen molar-refractivity contribution >= 4 is 6.09 Å². The standard InChI is InChI=1S/C13H16F12N2O2/c1-8(14,13(24,25)9(2,15)10(16,17)5-26-3)4-27-7(28)29-6(11(18,19)20)12(21,22)23/h6,26H,4-5H2,1-3H3,(H,27,28)/t8-,9?/m1/s1. The van der Waals surface area contributed by atoms with Crippen LogP contribution in [0.5, 0.6) is 0 Å². The zero-order valence-electron chi connectivity index (χ0n) is 14.8. The lowest BCUT2D eigenvalue weighted by Crippen LogP contribution is -2.67. The summed E-state index contributed by atoms with van der Waals surface area (Å²) in [6, 6.07) is 0. The van der Waals surface area contributed by atoms with Gasteiger partial charge in [0.15, 0.2) is 5.67 Å². The van der Waals surface area contributed by atoms with Gasteiger partial charge in [-0.1, -0.05) is 0 Å². The lowest BCUT2D eigenvalue weighted by molar-refractivity contribution is -0.307. The number of alkyl halides is 12. The first-order chi connectivity index (χ1) is 12.5. The minimum Gasteiger partial charge on any atom is -0.427 e. The first kappa shape index (κ1) is 27.4. The topological polar surface area (TPSA) is 50.4 Å². The van der Waals surface area contributed by atoms with Crippen LogP contribution in [-0.4, -0.2) is 67.9 Å². The number of hydrogen-bond donors (Lipinski definition) is 2. The molecule has 4 nitrogen and oxygen atoms in total. The zero-order valence-corrected chi connectivity index (χ0v) is 14.8. The molecule has 16 heteroatoms. The molecule has 0 aromatic rings. The van der Waals surface area contributed by atoms with E-state index in [0.29, 0.717) is 0 Å². The molecule has 2 N–H and O–H groups in total. The first-order valence-corrected chi connectivity index (χ1v) is 7.40. The number of alkyl carbamates (subject to hydrolysis) is 1. The highest BCUT2D eigenvalue weighted by Gasteiger charge is 2.73. The minimum atomic E-state index is -6.15. The highest BCUT2D eigenvalue weighted by Crippen LogP contribution is 2.50. The van der Waals surface area contributed by atoms with Gasteiger partial charge in [-0.15, -0.1) is 0 Å². The van der Waals surface area contributed by atoms with Gasteiger partial charge in [-0.2, -0.15) is 35.1 Å². The summed E-state index contributed by atoms with van der Waals surface area (Å²) in [4.78, 5) is 11.1. The average Bonchev–Trinajstić information content (AvgIpc) is 2.47. The Balaban J connectivity index is 5.43. The molecule has 0 aliphatic heterocycles. The molecule has 0 aliphatic rings. The number of ether oxygens (including phenoxy) is 1. The number of carbonyl (C=O) groups is 1. The van der Waals surface area contributed by atoms with Crippen molar-refractivity contribution in [1.82, 2.24) is 10.6 Å². The van der Waals surface area contributed by atoms with Crippen LogP contribution in [0.15, 0.2) is 0 Å². The van der Waals surface area contributed by atoms with Crippen LogP contribution in [0.25, 0.3) is 0 Å². The third kappa shape index (κ3) is 5.94. The third-order valence-corrected chi connectivity index (χ3v) is 3.71. The summed E-state index contributed by atoms with van der Waals surface area (Å²) in [5.74, 6) is -10.4. The van der Waals surface area contributed by atoms with Crippen molar-refractivity contribution in [3.63, 3.8) is 0 Å². The highest BCUT2D eigenvalue weighted by atomic mass is 19.4. The molecule has 2 atom stereocenters. The van der Waals surface area contributed by atoms with Crippen molar-refractivity contribution in [3.05, 3.63) is 0 Å². The van der Waals surface area contributed by atoms with Gasteiger partial charge < -0.3 is 15.4 Å². The predicted molar refractivity (Wildman–Crippen MR) is 73.2 cm³/mol. The Hall–Kier alpha value is -1.61. The number of amides is 1. The average molecular weight is 460 g/mol. The summed E-state index contributed by atoms with van der Waals surface area (Å²) >= 11 is 0. The van der Waals surface area contributed by atoms with E-state index in [-0.39, 0.29) is 13.8 Å².